The van der Waals surface area contributed by atoms with E-state index in [1.807, 2.05) is 0 Å². The van der Waals surface area contributed by atoms with Crippen molar-refractivity contribution in [2.24, 2.45) is 0 Å². The molecule has 0 atom stereocenters. The van der Waals surface area contributed by atoms with Gasteiger partial charge >= 0.3 is 0 Å². The normalized spacial score (nSPS) is 17.6. The molecule has 2 aliphatic heterocycles. The average Bonchev–Trinajstić information content (AvgIpc) is 2.60. The average molecular weight is 1040 g/mol. The first-order chi connectivity index (χ1) is 37.1. The minimum Gasteiger partial charge on any atom is -0.472 e. The fourth-order valence-corrected chi connectivity index (χ4v) is 14.0. The second kappa shape index (κ2) is 17.9. The Hall–Kier alpha value is -6.72. The minimum absolute atomic E-state index is 0.00391. The maximum absolute atomic E-state index is 7.98. The van der Waals surface area contributed by atoms with E-state index in [1.165, 1.54) is 78.2 Å². The standard InChI is InChI=1S/C74H84BN3O/c1-68(2,3)47-31-35-52(36-32-47)77-59-38-34-49(70(7,8)9)44-57(59)75-64-60(77)45-53(76(50-25-20-18-21-26-50)51-27-22-19-23-28-51)46-61(64)78(65-63-66(79-67(65)75)74(16,17)42-41-73(63,14)15)58-37-33-48(69(4,5)6)43-55(58)54-29-24-30-56-62(54)72(12,13)40-39-71(56,10)11/h18-38,43-46H,39-42H2,1-17H3. The van der Waals surface area contributed by atoms with Crippen molar-refractivity contribution in [1.29, 1.82) is 0 Å². The van der Waals surface area contributed by atoms with E-state index in [0.717, 1.165) is 65.5 Å². The highest BCUT2D eigenvalue weighted by Crippen LogP contribution is 2.58. The zero-order chi connectivity index (χ0) is 56.1. The number of furan rings is 1. The highest BCUT2D eigenvalue weighted by atomic mass is 16.3. The second-order valence-corrected chi connectivity index (χ2v) is 29.6. The molecule has 0 N–H and O–H groups in total. The molecule has 4 nitrogen and oxygen atoms in total. The van der Waals surface area contributed by atoms with Gasteiger partial charge in [-0.3, -0.25) is 0 Å². The Kier molecular flexibility index (Phi) is 12.0. The molecule has 5 heteroatoms. The predicted molar refractivity (Wildman–Crippen MR) is 340 cm³/mol. The van der Waals surface area contributed by atoms with Crippen LogP contribution in [0.15, 0.2) is 156 Å². The first-order valence-electron chi connectivity index (χ1n) is 29.5. The lowest BCUT2D eigenvalue weighted by Crippen LogP contribution is -2.61. The van der Waals surface area contributed by atoms with E-state index < -0.39 is 0 Å². The van der Waals surface area contributed by atoms with Crippen molar-refractivity contribution in [3.8, 4) is 11.1 Å². The van der Waals surface area contributed by atoms with Gasteiger partial charge in [0.15, 0.2) is 0 Å². The molecular formula is C74H84BN3O. The first-order valence-corrected chi connectivity index (χ1v) is 29.5. The quantitative estimate of drug-likeness (QED) is 0.155. The topological polar surface area (TPSA) is 22.9 Å². The SMILES string of the molecule is CC(C)(C)c1ccc(N2c3ccc(C(C)(C)C)cc3B3c4oc5c(c4N(c4ccc(C(C)(C)C)cc4-c4cccc6c4C(C)(C)CCC6(C)C)c4cc(N(c6ccccc6)c6ccccc6)cc2c43)C(C)(C)CCC5(C)C)cc1. The maximum Gasteiger partial charge on any atom is 0.297 e. The Morgan fingerprint density at radius 2 is 0.937 bits per heavy atom. The lowest BCUT2D eigenvalue weighted by atomic mass is 9.35. The molecule has 404 valence electrons. The molecule has 3 heterocycles. The van der Waals surface area contributed by atoms with Crippen molar-refractivity contribution in [2.75, 3.05) is 14.7 Å². The lowest BCUT2D eigenvalue weighted by molar-refractivity contribution is 0.282. The number of hydrogen-bond acceptors (Lipinski definition) is 4. The highest BCUT2D eigenvalue weighted by molar-refractivity contribution is 6.99. The Balaban J connectivity index is 1.28. The van der Waals surface area contributed by atoms with E-state index in [9.17, 15) is 0 Å². The Morgan fingerprint density at radius 3 is 1.52 bits per heavy atom. The van der Waals surface area contributed by atoms with Crippen LogP contribution in [0.3, 0.4) is 0 Å². The molecule has 0 bridgehead atoms. The van der Waals surface area contributed by atoms with Gasteiger partial charge in [-0.05, 0) is 169 Å². The minimum atomic E-state index is -0.201. The molecule has 0 spiro atoms. The number of benzene rings is 7. The summed E-state index contributed by atoms with van der Waals surface area (Å²) in [7, 11) is 0. The summed E-state index contributed by atoms with van der Waals surface area (Å²) in [5, 5.41) is 0. The molecule has 8 aromatic rings. The van der Waals surface area contributed by atoms with Crippen LogP contribution >= 0.6 is 0 Å². The van der Waals surface area contributed by atoms with Gasteiger partial charge in [-0.1, -0.05) is 203 Å². The monoisotopic (exact) mass is 1040 g/mol. The summed E-state index contributed by atoms with van der Waals surface area (Å²) in [5.74, 6) is 1.13. The smallest absolute Gasteiger partial charge is 0.297 e. The first kappa shape index (κ1) is 53.0. The summed E-state index contributed by atoms with van der Waals surface area (Å²) in [6.45, 7) is 40.6. The molecule has 0 radical (unpaired) electrons. The van der Waals surface area contributed by atoms with Crippen LogP contribution in [-0.4, -0.2) is 6.71 Å². The van der Waals surface area contributed by atoms with Crippen LogP contribution in [-0.2, 0) is 37.9 Å². The molecule has 0 amide bonds. The van der Waals surface area contributed by atoms with Crippen molar-refractivity contribution in [2.45, 2.75) is 181 Å². The van der Waals surface area contributed by atoms with Crippen molar-refractivity contribution in [1.82, 2.24) is 0 Å². The van der Waals surface area contributed by atoms with Gasteiger partial charge in [0, 0.05) is 50.7 Å². The van der Waals surface area contributed by atoms with Crippen molar-refractivity contribution in [3.63, 3.8) is 0 Å². The Labute approximate surface area is 474 Å². The maximum atomic E-state index is 7.98. The van der Waals surface area contributed by atoms with Crippen LogP contribution in [0.25, 0.3) is 11.1 Å². The zero-order valence-electron chi connectivity index (χ0n) is 50.6. The summed E-state index contributed by atoms with van der Waals surface area (Å²) < 4.78 is 7.98. The van der Waals surface area contributed by atoms with Gasteiger partial charge in [0.2, 0.25) is 0 Å². The summed E-state index contributed by atoms with van der Waals surface area (Å²) in [6, 6.07) is 58.5. The number of hydrogen-bond donors (Lipinski definition) is 0. The molecule has 1 aromatic heterocycles. The molecule has 0 saturated carbocycles. The van der Waals surface area contributed by atoms with Gasteiger partial charge in [-0.15, -0.1) is 0 Å². The molecule has 0 unspecified atom stereocenters. The molecular weight excluding hydrogens is 958 g/mol. The van der Waals surface area contributed by atoms with Crippen molar-refractivity contribution >= 4 is 74.5 Å². The van der Waals surface area contributed by atoms with E-state index in [-0.39, 0.29) is 44.6 Å². The highest BCUT2D eigenvalue weighted by Gasteiger charge is 2.53. The van der Waals surface area contributed by atoms with Crippen molar-refractivity contribution in [3.05, 3.63) is 191 Å². The predicted octanol–water partition coefficient (Wildman–Crippen LogP) is 19.1. The van der Waals surface area contributed by atoms with Crippen LogP contribution in [0.1, 0.15) is 183 Å². The second-order valence-electron chi connectivity index (χ2n) is 29.6. The van der Waals surface area contributed by atoms with E-state index in [0.29, 0.717) is 0 Å². The summed E-state index contributed by atoms with van der Waals surface area (Å²) in [5.41, 5.74) is 24.2. The third-order valence-electron chi connectivity index (χ3n) is 18.9. The van der Waals surface area contributed by atoms with Crippen LogP contribution in [0, 0.1) is 0 Å². The summed E-state index contributed by atoms with van der Waals surface area (Å²) >= 11 is 0. The van der Waals surface area contributed by atoms with Gasteiger partial charge in [0.05, 0.1) is 22.7 Å². The van der Waals surface area contributed by atoms with E-state index in [2.05, 4.69) is 284 Å². The molecule has 2 aliphatic carbocycles. The van der Waals surface area contributed by atoms with Crippen molar-refractivity contribution < 1.29 is 4.42 Å². The molecule has 4 aliphatic rings. The summed E-state index contributed by atoms with van der Waals surface area (Å²) in [6.07, 6.45) is 4.38. The number of rotatable bonds is 6. The number of fused-ring (bicyclic) bond motifs is 7. The van der Waals surface area contributed by atoms with Crippen LogP contribution in [0.5, 0.6) is 0 Å². The van der Waals surface area contributed by atoms with E-state index >= 15 is 0 Å². The van der Waals surface area contributed by atoms with E-state index in [1.54, 1.807) is 0 Å². The van der Waals surface area contributed by atoms with Gasteiger partial charge in [0.25, 0.3) is 6.71 Å². The van der Waals surface area contributed by atoms with Crippen LogP contribution < -0.4 is 31.3 Å². The Bertz CT molecular complexity index is 3650. The van der Waals surface area contributed by atoms with Gasteiger partial charge in [0.1, 0.15) is 5.76 Å². The molecule has 7 aromatic carbocycles. The number of para-hydroxylation sites is 2. The fraction of sp³-hybridized carbons (Fsp3) is 0.378. The third-order valence-corrected chi connectivity index (χ3v) is 18.9. The van der Waals surface area contributed by atoms with E-state index in [4.69, 9.17) is 4.42 Å². The van der Waals surface area contributed by atoms with Crippen LogP contribution in [0.4, 0.5) is 51.2 Å². The number of anilines is 9. The van der Waals surface area contributed by atoms with Gasteiger partial charge in [-0.25, -0.2) is 0 Å². The summed E-state index contributed by atoms with van der Waals surface area (Å²) in [4.78, 5) is 7.79. The molecule has 0 saturated heterocycles. The van der Waals surface area contributed by atoms with Gasteiger partial charge in [-0.2, -0.15) is 0 Å². The van der Waals surface area contributed by atoms with Crippen LogP contribution in [0.2, 0.25) is 0 Å². The molecule has 0 fully saturated rings. The number of nitrogens with zero attached hydrogens (tertiary/aromatic N) is 3. The molecule has 12 rings (SSSR count). The fourth-order valence-electron chi connectivity index (χ4n) is 14.0. The Morgan fingerprint density at radius 1 is 0.430 bits per heavy atom. The third kappa shape index (κ3) is 8.62. The molecule has 79 heavy (non-hydrogen) atoms. The van der Waals surface area contributed by atoms with Gasteiger partial charge < -0.3 is 19.1 Å². The largest absolute Gasteiger partial charge is 0.472 e. The zero-order valence-corrected chi connectivity index (χ0v) is 50.6. The lowest BCUT2D eigenvalue weighted by Gasteiger charge is -2.46.